The summed E-state index contributed by atoms with van der Waals surface area (Å²) in [5.41, 5.74) is 1.39. The van der Waals surface area contributed by atoms with Crippen LogP contribution in [-0.4, -0.2) is 31.4 Å². The van der Waals surface area contributed by atoms with Crippen molar-refractivity contribution in [2.45, 2.75) is 52.2 Å². The minimum Gasteiger partial charge on any atom is -0.488 e. The van der Waals surface area contributed by atoms with E-state index < -0.39 is 0 Å². The maximum Gasteiger partial charge on any atom is 0.125 e. The van der Waals surface area contributed by atoms with Gasteiger partial charge in [-0.1, -0.05) is 26.8 Å². The summed E-state index contributed by atoms with van der Waals surface area (Å²) in [4.78, 5) is 2.06. The molecule has 1 aliphatic carbocycles. The molecule has 118 valence electrons. The van der Waals surface area contributed by atoms with E-state index in [1.54, 1.807) is 0 Å². The van der Waals surface area contributed by atoms with Gasteiger partial charge in [-0.15, -0.1) is 0 Å². The molecule has 3 atom stereocenters. The molecule has 0 radical (unpaired) electrons. The number of aliphatic hydroxyl groups is 1. The highest BCUT2D eigenvalue weighted by Gasteiger charge is 2.36. The summed E-state index contributed by atoms with van der Waals surface area (Å²) in [5.74, 6) is 1.45. The fourth-order valence-corrected chi connectivity index (χ4v) is 3.04. The van der Waals surface area contributed by atoms with E-state index in [1.807, 2.05) is 32.3 Å². The monoisotopic (exact) mass is 291 g/mol. The average molecular weight is 291 g/mol. The Morgan fingerprint density at radius 2 is 1.90 bits per heavy atom. The Labute approximate surface area is 128 Å². The fourth-order valence-electron chi connectivity index (χ4n) is 3.04. The Kier molecular flexibility index (Phi) is 4.82. The molecular formula is C18H29NO2. The van der Waals surface area contributed by atoms with Crippen molar-refractivity contribution in [1.29, 1.82) is 0 Å². The van der Waals surface area contributed by atoms with Crippen LogP contribution in [0.25, 0.3) is 0 Å². The summed E-state index contributed by atoms with van der Waals surface area (Å²) < 4.78 is 6.11. The van der Waals surface area contributed by atoms with Crippen molar-refractivity contribution in [3.63, 3.8) is 0 Å². The van der Waals surface area contributed by atoms with Gasteiger partial charge in [0.2, 0.25) is 0 Å². The number of hydrogen-bond donors (Lipinski definition) is 1. The second kappa shape index (κ2) is 6.27. The summed E-state index contributed by atoms with van der Waals surface area (Å²) in [7, 11) is 4.04. The third-order valence-electron chi connectivity index (χ3n) is 4.60. The molecule has 1 aromatic carbocycles. The van der Waals surface area contributed by atoms with Gasteiger partial charge in [-0.25, -0.2) is 0 Å². The summed E-state index contributed by atoms with van der Waals surface area (Å²) in [6, 6.07) is 8.07. The van der Waals surface area contributed by atoms with E-state index >= 15 is 0 Å². The van der Waals surface area contributed by atoms with Crippen LogP contribution in [0.4, 0.5) is 5.69 Å². The third kappa shape index (κ3) is 4.13. The lowest BCUT2D eigenvalue weighted by Gasteiger charge is -2.40. The van der Waals surface area contributed by atoms with E-state index in [-0.39, 0.29) is 17.6 Å². The summed E-state index contributed by atoms with van der Waals surface area (Å²) in [6.07, 6.45) is 2.39. The highest BCUT2D eigenvalue weighted by Crippen LogP contribution is 2.39. The van der Waals surface area contributed by atoms with Crippen LogP contribution in [0.1, 0.15) is 40.0 Å². The van der Waals surface area contributed by atoms with E-state index in [4.69, 9.17) is 4.74 Å². The lowest BCUT2D eigenvalue weighted by atomic mass is 9.71. The van der Waals surface area contributed by atoms with Gasteiger partial charge < -0.3 is 14.7 Å². The number of ether oxygens (including phenoxy) is 1. The maximum atomic E-state index is 10.3. The molecule has 0 aromatic heterocycles. The predicted octanol–water partition coefficient (Wildman–Crippen LogP) is 3.71. The van der Waals surface area contributed by atoms with E-state index in [0.717, 1.165) is 30.7 Å². The van der Waals surface area contributed by atoms with Crippen molar-refractivity contribution in [2.24, 2.45) is 11.3 Å². The van der Waals surface area contributed by atoms with Gasteiger partial charge in [-0.2, -0.15) is 0 Å². The molecule has 1 saturated carbocycles. The van der Waals surface area contributed by atoms with Gasteiger partial charge in [0.1, 0.15) is 11.9 Å². The number of aliphatic hydroxyl groups excluding tert-OH is 1. The summed E-state index contributed by atoms with van der Waals surface area (Å²) in [5, 5.41) is 10.3. The van der Waals surface area contributed by atoms with Gasteiger partial charge in [0.05, 0.1) is 6.10 Å². The van der Waals surface area contributed by atoms with Crippen molar-refractivity contribution in [1.82, 2.24) is 0 Å². The van der Waals surface area contributed by atoms with E-state index in [9.17, 15) is 5.11 Å². The number of rotatable bonds is 3. The number of hydrogen-bond acceptors (Lipinski definition) is 3. The molecule has 21 heavy (non-hydrogen) atoms. The molecule has 1 fully saturated rings. The summed E-state index contributed by atoms with van der Waals surface area (Å²) >= 11 is 0. The van der Waals surface area contributed by atoms with Crippen LogP contribution < -0.4 is 9.64 Å². The van der Waals surface area contributed by atoms with E-state index in [2.05, 4.69) is 31.7 Å². The minimum absolute atomic E-state index is 0.0969. The first-order chi connectivity index (χ1) is 9.77. The van der Waals surface area contributed by atoms with Crippen molar-refractivity contribution < 1.29 is 9.84 Å². The second-order valence-corrected chi connectivity index (χ2v) is 7.49. The number of benzene rings is 1. The smallest absolute Gasteiger partial charge is 0.125 e. The zero-order valence-electron chi connectivity index (χ0n) is 14.0. The van der Waals surface area contributed by atoms with Gasteiger partial charge in [0.15, 0.2) is 0 Å². The Morgan fingerprint density at radius 1 is 1.19 bits per heavy atom. The first kappa shape index (κ1) is 16.2. The van der Waals surface area contributed by atoms with Gasteiger partial charge >= 0.3 is 0 Å². The largest absolute Gasteiger partial charge is 0.488 e. The topological polar surface area (TPSA) is 32.7 Å². The standard InChI is InChI=1S/C18H29NO2/c1-18(2,3)13-9-10-16(20)17(11-13)21-15-8-6-7-14(12-15)19(4)5/h6-8,12-13,16-17,20H,9-11H2,1-5H3. The van der Waals surface area contributed by atoms with Crippen LogP contribution in [0.3, 0.4) is 0 Å². The minimum atomic E-state index is -0.355. The van der Waals surface area contributed by atoms with Crippen LogP contribution >= 0.6 is 0 Å². The van der Waals surface area contributed by atoms with Gasteiger partial charge in [-0.3, -0.25) is 0 Å². The van der Waals surface area contributed by atoms with Crippen molar-refractivity contribution in [3.05, 3.63) is 24.3 Å². The molecular weight excluding hydrogens is 262 g/mol. The Balaban J connectivity index is 2.08. The Hall–Kier alpha value is -1.22. The quantitative estimate of drug-likeness (QED) is 0.921. The highest BCUT2D eigenvalue weighted by atomic mass is 16.5. The molecule has 0 aliphatic heterocycles. The molecule has 1 N–H and O–H groups in total. The SMILES string of the molecule is CN(C)c1cccc(OC2CC(C(C)(C)C)CCC2O)c1. The molecule has 0 spiro atoms. The van der Waals surface area contributed by atoms with Crippen molar-refractivity contribution in [3.8, 4) is 5.75 Å². The molecule has 3 heteroatoms. The molecule has 3 unspecified atom stereocenters. The van der Waals surface area contributed by atoms with E-state index in [1.165, 1.54) is 0 Å². The normalized spacial score (nSPS) is 26.5. The molecule has 0 bridgehead atoms. The maximum absolute atomic E-state index is 10.3. The third-order valence-corrected chi connectivity index (χ3v) is 4.60. The first-order valence-corrected chi connectivity index (χ1v) is 7.89. The van der Waals surface area contributed by atoms with Crippen LogP contribution in [0.15, 0.2) is 24.3 Å². The lowest BCUT2D eigenvalue weighted by Crippen LogP contribution is -2.41. The highest BCUT2D eigenvalue weighted by molar-refractivity contribution is 5.49. The van der Waals surface area contributed by atoms with E-state index in [0.29, 0.717) is 5.92 Å². The van der Waals surface area contributed by atoms with Crippen molar-refractivity contribution in [2.75, 3.05) is 19.0 Å². The van der Waals surface area contributed by atoms with Crippen LogP contribution in [0.2, 0.25) is 0 Å². The van der Waals surface area contributed by atoms with Crippen molar-refractivity contribution >= 4 is 5.69 Å². The molecule has 1 aromatic rings. The van der Waals surface area contributed by atoms with Gasteiger partial charge in [0, 0.05) is 25.8 Å². The van der Waals surface area contributed by atoms with Crippen LogP contribution in [0.5, 0.6) is 5.75 Å². The van der Waals surface area contributed by atoms with Gasteiger partial charge in [0.25, 0.3) is 0 Å². The second-order valence-electron chi connectivity index (χ2n) is 7.49. The molecule has 3 nitrogen and oxygen atoms in total. The zero-order chi connectivity index (χ0) is 15.6. The van der Waals surface area contributed by atoms with Crippen LogP contribution in [0, 0.1) is 11.3 Å². The number of anilines is 1. The molecule has 0 amide bonds. The first-order valence-electron chi connectivity index (χ1n) is 7.89. The Bertz CT molecular complexity index is 465. The predicted molar refractivity (Wildman–Crippen MR) is 88.0 cm³/mol. The van der Waals surface area contributed by atoms with Gasteiger partial charge in [-0.05, 0) is 42.7 Å². The Morgan fingerprint density at radius 3 is 2.52 bits per heavy atom. The average Bonchev–Trinajstić information content (AvgIpc) is 2.40. The lowest BCUT2D eigenvalue weighted by molar-refractivity contribution is -0.0297. The zero-order valence-corrected chi connectivity index (χ0v) is 14.0. The molecule has 0 saturated heterocycles. The number of nitrogens with zero attached hydrogens (tertiary/aromatic N) is 1. The van der Waals surface area contributed by atoms with Crippen LogP contribution in [-0.2, 0) is 0 Å². The summed E-state index contributed by atoms with van der Waals surface area (Å²) in [6.45, 7) is 6.83. The molecule has 1 aliphatic rings. The molecule has 0 heterocycles. The fraction of sp³-hybridized carbons (Fsp3) is 0.667. The molecule has 2 rings (SSSR count).